The van der Waals surface area contributed by atoms with Crippen molar-refractivity contribution in [3.05, 3.63) is 23.5 Å². The minimum atomic E-state index is -3.53. The Morgan fingerprint density at radius 2 is 2.20 bits per heavy atom. The van der Waals surface area contributed by atoms with Gasteiger partial charge in [-0.2, -0.15) is 0 Å². The summed E-state index contributed by atoms with van der Waals surface area (Å²) < 4.78 is 26.4. The van der Waals surface area contributed by atoms with Crippen LogP contribution in [0.15, 0.2) is 23.4 Å². The topological polar surface area (TPSA) is 59.1 Å². The maximum absolute atomic E-state index is 11.9. The molecule has 1 aromatic rings. The average Bonchev–Trinajstić information content (AvgIpc) is 2.82. The lowest BCUT2D eigenvalue weighted by Gasteiger charge is -2.12. The first-order valence-corrected chi connectivity index (χ1v) is 6.43. The van der Waals surface area contributed by atoms with Crippen LogP contribution in [-0.4, -0.2) is 18.9 Å². The zero-order chi connectivity index (χ0) is 11.1. The Hall–Kier alpha value is -0.650. The van der Waals surface area contributed by atoms with Crippen LogP contribution in [0.2, 0.25) is 5.02 Å². The van der Waals surface area contributed by atoms with E-state index < -0.39 is 10.0 Å². The van der Waals surface area contributed by atoms with Gasteiger partial charge in [0, 0.05) is 17.9 Å². The lowest BCUT2D eigenvalue weighted by molar-refractivity contribution is 0.557. The summed E-state index contributed by atoms with van der Waals surface area (Å²) in [4.78, 5) is 3.80. The highest BCUT2D eigenvalue weighted by atomic mass is 35.5. The fourth-order valence-corrected chi connectivity index (χ4v) is 3.13. The number of hydrogen-bond acceptors (Lipinski definition) is 3. The third-order valence-electron chi connectivity index (χ3n) is 2.40. The van der Waals surface area contributed by atoms with Crippen molar-refractivity contribution in [3.8, 4) is 0 Å². The molecule has 0 aromatic carbocycles. The summed E-state index contributed by atoms with van der Waals surface area (Å²) in [5.74, 6) is 0. The third-order valence-corrected chi connectivity index (χ3v) is 4.51. The number of aromatic nitrogens is 1. The minimum absolute atomic E-state index is 0.0415. The van der Waals surface area contributed by atoms with Gasteiger partial charge in [0.15, 0.2) is 0 Å². The summed E-state index contributed by atoms with van der Waals surface area (Å²) in [7, 11) is -3.53. The van der Waals surface area contributed by atoms with Gasteiger partial charge in [0.2, 0.25) is 10.0 Å². The summed E-state index contributed by atoms with van der Waals surface area (Å²) in [5.41, 5.74) is -0.294. The molecule has 1 heterocycles. The van der Waals surface area contributed by atoms with Gasteiger partial charge in [0.25, 0.3) is 0 Å². The van der Waals surface area contributed by atoms with Crippen molar-refractivity contribution in [1.29, 1.82) is 0 Å². The van der Waals surface area contributed by atoms with Crippen molar-refractivity contribution in [2.75, 3.05) is 0 Å². The standard InChI is InChI=1S/C9H11ClN2O2S/c1-9(3-4-9)12-15(13,14)8-6-11-5-2-7(8)10/h2,5-6,12H,3-4H2,1H3. The molecule has 0 saturated heterocycles. The molecule has 1 N–H and O–H groups in total. The number of halogens is 1. The van der Waals surface area contributed by atoms with Crippen molar-refractivity contribution in [2.45, 2.75) is 30.2 Å². The van der Waals surface area contributed by atoms with Crippen LogP contribution in [-0.2, 0) is 10.0 Å². The molecule has 0 radical (unpaired) electrons. The Labute approximate surface area is 93.7 Å². The van der Waals surface area contributed by atoms with E-state index in [-0.39, 0.29) is 15.5 Å². The van der Waals surface area contributed by atoms with Crippen LogP contribution in [0.1, 0.15) is 19.8 Å². The highest BCUT2D eigenvalue weighted by Crippen LogP contribution is 2.36. The Bertz CT molecular complexity index is 483. The second-order valence-electron chi connectivity index (χ2n) is 3.97. The van der Waals surface area contributed by atoms with Crippen LogP contribution in [0, 0.1) is 0 Å². The molecule has 2 rings (SSSR count). The predicted octanol–water partition coefficient (Wildman–Crippen LogP) is 1.57. The van der Waals surface area contributed by atoms with Crippen LogP contribution in [0.25, 0.3) is 0 Å². The number of hydrogen-bond donors (Lipinski definition) is 1. The first-order valence-electron chi connectivity index (χ1n) is 4.56. The Morgan fingerprint density at radius 3 is 2.73 bits per heavy atom. The number of sulfonamides is 1. The van der Waals surface area contributed by atoms with Crippen LogP contribution in [0.4, 0.5) is 0 Å². The predicted molar refractivity (Wildman–Crippen MR) is 57.2 cm³/mol. The molecule has 1 aliphatic rings. The molecule has 15 heavy (non-hydrogen) atoms. The molecule has 0 atom stereocenters. The minimum Gasteiger partial charge on any atom is -0.263 e. The highest BCUT2D eigenvalue weighted by molar-refractivity contribution is 7.89. The largest absolute Gasteiger partial charge is 0.263 e. The molecule has 1 aliphatic carbocycles. The summed E-state index contributed by atoms with van der Waals surface area (Å²) >= 11 is 5.80. The molecule has 0 aliphatic heterocycles. The molecule has 1 fully saturated rings. The van der Waals surface area contributed by atoms with Crippen LogP contribution in [0.5, 0.6) is 0 Å². The van der Waals surface area contributed by atoms with Gasteiger partial charge in [-0.3, -0.25) is 4.98 Å². The monoisotopic (exact) mass is 246 g/mol. The maximum Gasteiger partial charge on any atom is 0.244 e. The molecule has 1 aromatic heterocycles. The van der Waals surface area contributed by atoms with Gasteiger partial charge in [-0.25, -0.2) is 13.1 Å². The molecule has 82 valence electrons. The Kier molecular flexibility index (Phi) is 2.48. The van der Waals surface area contributed by atoms with E-state index in [1.807, 2.05) is 6.92 Å². The molecule has 0 unspecified atom stereocenters. The van der Waals surface area contributed by atoms with Gasteiger partial charge in [-0.15, -0.1) is 0 Å². The summed E-state index contributed by atoms with van der Waals surface area (Å²) in [6.45, 7) is 1.87. The first kappa shape index (κ1) is 10.9. The van der Waals surface area contributed by atoms with Crippen molar-refractivity contribution in [2.24, 2.45) is 0 Å². The SMILES string of the molecule is CC1(NS(=O)(=O)c2cnccc2Cl)CC1. The van der Waals surface area contributed by atoms with Gasteiger partial charge >= 0.3 is 0 Å². The van der Waals surface area contributed by atoms with Crippen LogP contribution >= 0.6 is 11.6 Å². The molecule has 6 heteroatoms. The molecule has 4 nitrogen and oxygen atoms in total. The number of pyridine rings is 1. The highest BCUT2D eigenvalue weighted by Gasteiger charge is 2.41. The van der Waals surface area contributed by atoms with E-state index in [1.165, 1.54) is 18.5 Å². The van der Waals surface area contributed by atoms with Crippen molar-refractivity contribution >= 4 is 21.6 Å². The number of nitrogens with zero attached hydrogens (tertiary/aromatic N) is 1. The summed E-state index contributed by atoms with van der Waals surface area (Å²) in [6.07, 6.45) is 4.45. The van der Waals surface area contributed by atoms with Gasteiger partial charge in [-0.05, 0) is 25.8 Å². The lowest BCUT2D eigenvalue weighted by atomic mass is 10.4. The molecule has 1 saturated carbocycles. The Morgan fingerprint density at radius 1 is 1.53 bits per heavy atom. The fraction of sp³-hybridized carbons (Fsp3) is 0.444. The van der Waals surface area contributed by atoms with Crippen molar-refractivity contribution < 1.29 is 8.42 Å². The van der Waals surface area contributed by atoms with Gasteiger partial charge < -0.3 is 0 Å². The second kappa shape index (κ2) is 3.43. The smallest absolute Gasteiger partial charge is 0.244 e. The number of nitrogens with one attached hydrogen (secondary N) is 1. The van der Waals surface area contributed by atoms with Crippen molar-refractivity contribution in [3.63, 3.8) is 0 Å². The third kappa shape index (κ3) is 2.30. The van der Waals surface area contributed by atoms with E-state index in [0.29, 0.717) is 0 Å². The van der Waals surface area contributed by atoms with Crippen LogP contribution in [0.3, 0.4) is 0 Å². The number of rotatable bonds is 3. The Balaban J connectivity index is 2.33. The summed E-state index contributed by atoms with van der Waals surface area (Å²) in [5, 5.41) is 0.196. The van der Waals surface area contributed by atoms with E-state index in [1.54, 1.807) is 0 Å². The van der Waals surface area contributed by atoms with Crippen LogP contribution < -0.4 is 4.72 Å². The zero-order valence-corrected chi connectivity index (χ0v) is 9.77. The molecular formula is C9H11ClN2O2S. The fourth-order valence-electron chi connectivity index (χ4n) is 1.23. The summed E-state index contributed by atoms with van der Waals surface area (Å²) in [6, 6.07) is 1.46. The molecule has 0 spiro atoms. The van der Waals surface area contributed by atoms with E-state index >= 15 is 0 Å². The average molecular weight is 247 g/mol. The van der Waals surface area contributed by atoms with Gasteiger partial charge in [0.1, 0.15) is 4.90 Å². The zero-order valence-electron chi connectivity index (χ0n) is 8.20. The molecular weight excluding hydrogens is 236 g/mol. The maximum atomic E-state index is 11.9. The first-order chi connectivity index (χ1) is 6.93. The second-order valence-corrected chi connectivity index (χ2v) is 6.03. The van der Waals surface area contributed by atoms with E-state index in [4.69, 9.17) is 11.6 Å². The van der Waals surface area contributed by atoms with E-state index in [2.05, 4.69) is 9.71 Å². The van der Waals surface area contributed by atoms with Gasteiger partial charge in [-0.1, -0.05) is 11.6 Å². The lowest BCUT2D eigenvalue weighted by Crippen LogP contribution is -2.34. The van der Waals surface area contributed by atoms with E-state index in [9.17, 15) is 8.42 Å². The van der Waals surface area contributed by atoms with Gasteiger partial charge in [0.05, 0.1) is 5.02 Å². The van der Waals surface area contributed by atoms with Crippen molar-refractivity contribution in [1.82, 2.24) is 9.71 Å². The molecule has 0 bridgehead atoms. The van der Waals surface area contributed by atoms with E-state index in [0.717, 1.165) is 12.8 Å². The molecule has 0 amide bonds. The quantitative estimate of drug-likeness (QED) is 0.881. The normalized spacial score (nSPS) is 18.8.